The number of benzene rings is 1. The smallest absolute Gasteiger partial charge is 0.363 e. The van der Waals surface area contributed by atoms with Crippen molar-refractivity contribution < 1.29 is 27.9 Å². The third kappa shape index (κ3) is 3.57. The Kier molecular flexibility index (Phi) is 5.06. The second-order valence-corrected chi connectivity index (χ2v) is 7.34. The third-order valence-electron chi connectivity index (χ3n) is 5.07. The summed E-state index contributed by atoms with van der Waals surface area (Å²) in [5.41, 5.74) is -3.61. The van der Waals surface area contributed by atoms with Crippen molar-refractivity contribution in [3.8, 4) is 0 Å². The number of aromatic nitrogens is 2. The first-order valence-electron chi connectivity index (χ1n) is 8.99. The molecule has 0 unspecified atom stereocenters. The third-order valence-corrected chi connectivity index (χ3v) is 5.38. The molecular formula is C20H14ClF3N4O3. The lowest BCUT2D eigenvalue weighted by Crippen LogP contribution is -2.72. The maximum Gasteiger partial charge on any atom is 0.437 e. The monoisotopic (exact) mass is 450 g/mol. The van der Waals surface area contributed by atoms with Crippen LogP contribution in [0.25, 0.3) is 10.9 Å². The Labute approximate surface area is 178 Å². The summed E-state index contributed by atoms with van der Waals surface area (Å²) in [6.45, 7) is 0. The Hall–Kier alpha value is -3.24. The number of hydrogen-bond donors (Lipinski definition) is 3. The van der Waals surface area contributed by atoms with E-state index in [9.17, 15) is 27.9 Å². The minimum Gasteiger partial charge on any atom is -0.363 e. The molecule has 1 fully saturated rings. The molecule has 0 saturated carbocycles. The molecule has 2 aromatic heterocycles. The standard InChI is InChI=1S/C20H14ClF3N4O3/c21-17-12(8-10-4-1-2-6-13(10)26-17)15-14(16(29)11-5-3-7-25-9-11)19(31,20(22,23)24)28-18(30)27-15/h1-9,14-15,31H,(H2,27,28,30)/t14-,15+,19+/m0/s1. The molecule has 1 aliphatic rings. The first kappa shape index (κ1) is 21.0. The summed E-state index contributed by atoms with van der Waals surface area (Å²) in [7, 11) is 0. The second-order valence-electron chi connectivity index (χ2n) is 6.99. The lowest BCUT2D eigenvalue weighted by molar-refractivity contribution is -0.287. The van der Waals surface area contributed by atoms with E-state index in [4.69, 9.17) is 11.6 Å². The summed E-state index contributed by atoms with van der Waals surface area (Å²) in [6, 6.07) is 7.81. The molecule has 0 bridgehead atoms. The number of carbonyl (C=O) groups is 2. The van der Waals surface area contributed by atoms with Crippen LogP contribution in [0.5, 0.6) is 0 Å². The Morgan fingerprint density at radius 3 is 2.61 bits per heavy atom. The molecule has 3 atom stereocenters. The van der Waals surface area contributed by atoms with Gasteiger partial charge in [0.1, 0.15) is 11.1 Å². The van der Waals surface area contributed by atoms with E-state index < -0.39 is 35.7 Å². The number of fused-ring (bicyclic) bond motifs is 1. The van der Waals surface area contributed by atoms with Gasteiger partial charge in [0, 0.05) is 28.9 Å². The summed E-state index contributed by atoms with van der Waals surface area (Å²) in [5, 5.41) is 14.7. The van der Waals surface area contributed by atoms with E-state index >= 15 is 0 Å². The number of Topliss-reactive ketones (excluding diaryl/α,β-unsaturated/α-hetero) is 1. The van der Waals surface area contributed by atoms with Gasteiger partial charge in [0.15, 0.2) is 5.78 Å². The van der Waals surface area contributed by atoms with Gasteiger partial charge in [-0.2, -0.15) is 13.2 Å². The molecule has 11 heteroatoms. The molecule has 0 aliphatic carbocycles. The number of pyridine rings is 2. The highest BCUT2D eigenvalue weighted by Crippen LogP contribution is 2.45. The summed E-state index contributed by atoms with van der Waals surface area (Å²) in [4.78, 5) is 33.2. The lowest BCUT2D eigenvalue weighted by atomic mass is 9.77. The molecule has 1 aromatic carbocycles. The summed E-state index contributed by atoms with van der Waals surface area (Å²) >= 11 is 6.24. The number of aliphatic hydroxyl groups is 1. The van der Waals surface area contributed by atoms with E-state index in [2.05, 4.69) is 15.3 Å². The topological polar surface area (TPSA) is 104 Å². The highest BCUT2D eigenvalue weighted by Gasteiger charge is 2.66. The van der Waals surface area contributed by atoms with E-state index in [0.717, 1.165) is 6.20 Å². The normalized spacial score (nSPS) is 23.8. The van der Waals surface area contributed by atoms with E-state index in [1.54, 1.807) is 24.3 Å². The van der Waals surface area contributed by atoms with Gasteiger partial charge < -0.3 is 15.7 Å². The molecule has 3 N–H and O–H groups in total. The van der Waals surface area contributed by atoms with Gasteiger partial charge in [-0.1, -0.05) is 29.8 Å². The fraction of sp³-hybridized carbons (Fsp3) is 0.200. The number of hydrogen-bond acceptors (Lipinski definition) is 5. The molecule has 0 spiro atoms. The molecule has 31 heavy (non-hydrogen) atoms. The number of rotatable bonds is 3. The van der Waals surface area contributed by atoms with Gasteiger partial charge >= 0.3 is 12.2 Å². The molecule has 4 rings (SSSR count). The van der Waals surface area contributed by atoms with Gasteiger partial charge in [-0.15, -0.1) is 0 Å². The Morgan fingerprint density at radius 2 is 1.94 bits per heavy atom. The van der Waals surface area contributed by atoms with E-state index in [1.807, 2.05) is 0 Å². The van der Waals surface area contributed by atoms with Gasteiger partial charge in [0.2, 0.25) is 5.72 Å². The zero-order valence-electron chi connectivity index (χ0n) is 15.5. The molecule has 1 aliphatic heterocycles. The minimum absolute atomic E-state index is 0.0415. The lowest BCUT2D eigenvalue weighted by Gasteiger charge is -2.45. The van der Waals surface area contributed by atoms with Crippen molar-refractivity contribution in [2.45, 2.75) is 17.9 Å². The number of carbonyl (C=O) groups excluding carboxylic acids is 2. The van der Waals surface area contributed by atoms with Gasteiger partial charge in [0.05, 0.1) is 11.6 Å². The van der Waals surface area contributed by atoms with Gasteiger partial charge in [-0.05, 0) is 24.3 Å². The predicted octanol–water partition coefficient (Wildman–Crippen LogP) is 3.39. The van der Waals surface area contributed by atoms with Crippen molar-refractivity contribution in [3.63, 3.8) is 0 Å². The number of amides is 2. The molecule has 3 aromatic rings. The van der Waals surface area contributed by atoms with E-state index in [1.165, 1.54) is 29.7 Å². The van der Waals surface area contributed by atoms with E-state index in [0.29, 0.717) is 10.9 Å². The van der Waals surface area contributed by atoms with E-state index in [-0.39, 0.29) is 16.3 Å². The van der Waals surface area contributed by atoms with Crippen LogP contribution in [0.1, 0.15) is 22.0 Å². The average Bonchev–Trinajstić information content (AvgIpc) is 2.72. The van der Waals surface area contributed by atoms with Crippen LogP contribution in [0.4, 0.5) is 18.0 Å². The van der Waals surface area contributed by atoms with Crippen LogP contribution in [0.15, 0.2) is 54.9 Å². The highest BCUT2D eigenvalue weighted by molar-refractivity contribution is 6.30. The average molecular weight is 451 g/mol. The van der Waals surface area contributed by atoms with Crippen LogP contribution in [0.2, 0.25) is 5.15 Å². The number of halogens is 4. The van der Waals surface area contributed by atoms with Crippen molar-refractivity contribution in [3.05, 3.63) is 71.1 Å². The van der Waals surface area contributed by atoms with Crippen LogP contribution in [0.3, 0.4) is 0 Å². The van der Waals surface area contributed by atoms with Crippen molar-refractivity contribution in [2.75, 3.05) is 0 Å². The largest absolute Gasteiger partial charge is 0.437 e. The van der Waals surface area contributed by atoms with Crippen LogP contribution in [-0.2, 0) is 0 Å². The number of para-hydroxylation sites is 1. The number of ketones is 1. The first-order chi connectivity index (χ1) is 14.6. The maximum absolute atomic E-state index is 14.0. The van der Waals surface area contributed by atoms with Crippen LogP contribution >= 0.6 is 11.6 Å². The number of alkyl halides is 3. The van der Waals surface area contributed by atoms with Crippen LogP contribution < -0.4 is 10.6 Å². The second kappa shape index (κ2) is 7.47. The molecule has 1 saturated heterocycles. The molecule has 160 valence electrons. The van der Waals surface area contributed by atoms with Gasteiger partial charge in [-0.3, -0.25) is 9.78 Å². The number of nitrogens with one attached hydrogen (secondary N) is 2. The quantitative estimate of drug-likeness (QED) is 0.419. The molecule has 2 amide bonds. The van der Waals surface area contributed by atoms with Crippen molar-refractivity contribution >= 4 is 34.3 Å². The zero-order chi connectivity index (χ0) is 22.4. The maximum atomic E-state index is 14.0. The minimum atomic E-state index is -5.37. The Morgan fingerprint density at radius 1 is 1.19 bits per heavy atom. The number of urea groups is 1. The van der Waals surface area contributed by atoms with Gasteiger partial charge in [-0.25, -0.2) is 9.78 Å². The molecule has 0 radical (unpaired) electrons. The van der Waals surface area contributed by atoms with Crippen molar-refractivity contribution in [2.24, 2.45) is 5.92 Å². The van der Waals surface area contributed by atoms with Crippen molar-refractivity contribution in [1.82, 2.24) is 20.6 Å². The fourth-order valence-corrected chi connectivity index (χ4v) is 3.88. The van der Waals surface area contributed by atoms with Crippen LogP contribution in [0, 0.1) is 5.92 Å². The predicted molar refractivity (Wildman–Crippen MR) is 104 cm³/mol. The molecule has 7 nitrogen and oxygen atoms in total. The first-order valence-corrected chi connectivity index (χ1v) is 9.37. The Bertz CT molecular complexity index is 1180. The van der Waals surface area contributed by atoms with Gasteiger partial charge in [0.25, 0.3) is 0 Å². The van der Waals surface area contributed by atoms with Crippen molar-refractivity contribution in [1.29, 1.82) is 0 Å². The molecular weight excluding hydrogens is 437 g/mol. The zero-order valence-corrected chi connectivity index (χ0v) is 16.3. The summed E-state index contributed by atoms with van der Waals surface area (Å²) < 4.78 is 41.9. The highest BCUT2D eigenvalue weighted by atomic mass is 35.5. The Balaban J connectivity index is 1.93. The number of nitrogens with zero attached hydrogens (tertiary/aromatic N) is 2. The molecule has 3 heterocycles. The summed E-state index contributed by atoms with van der Waals surface area (Å²) in [5.74, 6) is -3.30. The fourth-order valence-electron chi connectivity index (χ4n) is 3.61. The summed E-state index contributed by atoms with van der Waals surface area (Å²) in [6.07, 6.45) is -2.95. The van der Waals surface area contributed by atoms with Crippen LogP contribution in [-0.4, -0.2) is 38.8 Å². The SMILES string of the molecule is O=C1N[C@H](c2cc3ccccc3nc2Cl)[C@@H](C(=O)c2cccnc2)[C@@](O)(C(F)(F)F)N1.